The first-order chi connectivity index (χ1) is 31.2. The number of hydrogen-bond acceptors (Lipinski definition) is 1. The topological polar surface area (TPSA) is 3.24 Å². The predicted octanol–water partition coefficient (Wildman–Crippen LogP) is 17.0. The van der Waals surface area contributed by atoms with Gasteiger partial charge in [-0.05, 0) is 120 Å². The van der Waals surface area contributed by atoms with Crippen LogP contribution in [0.2, 0.25) is 0 Å². The smallest absolute Gasteiger partial charge is 0.0543 e. The zero-order valence-electron chi connectivity index (χ0n) is 35.0. The van der Waals surface area contributed by atoms with Crippen molar-refractivity contribution in [3.05, 3.63) is 259 Å². The second kappa shape index (κ2) is 14.9. The van der Waals surface area contributed by atoms with Crippen molar-refractivity contribution in [2.45, 2.75) is 12.3 Å². The van der Waals surface area contributed by atoms with E-state index in [1.165, 1.54) is 82.4 Å². The van der Waals surface area contributed by atoms with Gasteiger partial charge in [0.15, 0.2) is 0 Å². The van der Waals surface area contributed by atoms with Crippen LogP contribution in [0.15, 0.2) is 243 Å². The summed E-state index contributed by atoms with van der Waals surface area (Å²) in [7, 11) is 0. The normalized spacial score (nSPS) is 14.2. The maximum absolute atomic E-state index is 2.52. The average Bonchev–Trinajstić information content (AvgIpc) is 3.63. The number of para-hydroxylation sites is 1. The molecule has 0 spiro atoms. The molecule has 296 valence electrons. The van der Waals surface area contributed by atoms with E-state index < -0.39 is 0 Å². The van der Waals surface area contributed by atoms with Gasteiger partial charge in [0.1, 0.15) is 0 Å². The van der Waals surface area contributed by atoms with Gasteiger partial charge in [0.2, 0.25) is 0 Å². The van der Waals surface area contributed by atoms with Crippen LogP contribution in [-0.2, 0) is 5.41 Å². The van der Waals surface area contributed by atoms with Gasteiger partial charge in [-0.25, -0.2) is 0 Å². The van der Waals surface area contributed by atoms with Crippen LogP contribution in [0, 0.1) is 0 Å². The highest BCUT2D eigenvalue weighted by atomic mass is 15.1. The van der Waals surface area contributed by atoms with E-state index in [0.717, 1.165) is 28.2 Å². The SMILES string of the molecule is CC1(c2ccccc2)c2ccccc2-c2c(N(c3ccc4ccccc4c3)c3ccccc3-c3ccc4c(c3)c(-c3ccccc3)c(-c3ccccc3)c3ccccc34)cccc21. The summed E-state index contributed by atoms with van der Waals surface area (Å²) in [4.78, 5) is 2.52. The summed E-state index contributed by atoms with van der Waals surface area (Å²) in [6, 6.07) is 89.5. The van der Waals surface area contributed by atoms with Crippen LogP contribution >= 0.6 is 0 Å². The van der Waals surface area contributed by atoms with Crippen LogP contribution in [0.5, 0.6) is 0 Å². The molecule has 0 fully saturated rings. The van der Waals surface area contributed by atoms with Gasteiger partial charge >= 0.3 is 0 Å². The molecule has 1 unspecified atom stereocenters. The summed E-state index contributed by atoms with van der Waals surface area (Å²) in [6.45, 7) is 2.40. The van der Waals surface area contributed by atoms with Crippen molar-refractivity contribution in [2.75, 3.05) is 4.90 Å². The van der Waals surface area contributed by atoms with E-state index in [-0.39, 0.29) is 5.41 Å². The second-order valence-corrected chi connectivity index (χ2v) is 16.9. The monoisotopic (exact) mass is 801 g/mol. The summed E-state index contributed by atoms with van der Waals surface area (Å²) < 4.78 is 0. The molecule has 1 aliphatic rings. The molecule has 11 aromatic carbocycles. The van der Waals surface area contributed by atoms with Gasteiger partial charge in [0.25, 0.3) is 0 Å². The van der Waals surface area contributed by atoms with Crippen LogP contribution in [0.3, 0.4) is 0 Å². The molecule has 0 bridgehead atoms. The second-order valence-electron chi connectivity index (χ2n) is 16.9. The molecule has 1 aliphatic carbocycles. The molecule has 63 heavy (non-hydrogen) atoms. The fourth-order valence-electron chi connectivity index (χ4n) is 10.6. The zero-order chi connectivity index (χ0) is 41.9. The summed E-state index contributed by atoms with van der Waals surface area (Å²) in [5, 5.41) is 7.42. The Morgan fingerprint density at radius 1 is 0.317 bits per heavy atom. The molecule has 0 saturated heterocycles. The van der Waals surface area contributed by atoms with Crippen molar-refractivity contribution in [1.29, 1.82) is 0 Å². The fraction of sp³-hybridized carbons (Fsp3) is 0.0323. The Hall–Kier alpha value is -8.00. The standard InChI is InChI=1S/C62H43N/c1-62(47-26-9-4-10-27-47)55-32-17-15-31-53(55)61-56(62)33-19-35-58(61)63(48-38-36-42-20-11-12-25-45(42)40-48)57-34-18-16-28-49(57)46-37-39-51-50-29-13-14-30-52(50)59(43-21-5-2-6-22-43)60(54(51)41-46)44-23-7-3-8-24-44/h2-41H,1H3. The van der Waals surface area contributed by atoms with E-state index in [4.69, 9.17) is 0 Å². The molecule has 0 amide bonds. The van der Waals surface area contributed by atoms with Gasteiger partial charge in [-0.15, -0.1) is 0 Å². The highest BCUT2D eigenvalue weighted by molar-refractivity contribution is 6.22. The van der Waals surface area contributed by atoms with Crippen LogP contribution in [0.25, 0.3) is 76.8 Å². The molecule has 1 atom stereocenters. The summed E-state index contributed by atoms with van der Waals surface area (Å²) in [6.07, 6.45) is 0. The lowest BCUT2D eigenvalue weighted by Gasteiger charge is -2.31. The zero-order valence-corrected chi connectivity index (χ0v) is 35.0. The largest absolute Gasteiger partial charge is 0.309 e. The maximum atomic E-state index is 2.52. The van der Waals surface area contributed by atoms with Crippen LogP contribution in [-0.4, -0.2) is 0 Å². The number of anilines is 3. The molecule has 1 nitrogen and oxygen atoms in total. The Morgan fingerprint density at radius 3 is 1.63 bits per heavy atom. The Balaban J connectivity index is 1.15. The lowest BCUT2D eigenvalue weighted by atomic mass is 9.74. The van der Waals surface area contributed by atoms with Gasteiger partial charge in [-0.3, -0.25) is 0 Å². The number of rotatable bonds is 7. The molecule has 0 saturated carbocycles. The lowest BCUT2D eigenvalue weighted by molar-refractivity contribution is 0.714. The third-order valence-corrected chi connectivity index (χ3v) is 13.5. The minimum absolute atomic E-state index is 0.330. The first-order valence-electron chi connectivity index (χ1n) is 21.9. The Bertz CT molecular complexity index is 3520. The van der Waals surface area contributed by atoms with Crippen molar-refractivity contribution in [3.63, 3.8) is 0 Å². The van der Waals surface area contributed by atoms with Gasteiger partial charge < -0.3 is 4.90 Å². The van der Waals surface area contributed by atoms with E-state index in [2.05, 4.69) is 254 Å². The van der Waals surface area contributed by atoms with Crippen molar-refractivity contribution in [3.8, 4) is 44.5 Å². The number of hydrogen-bond donors (Lipinski definition) is 0. The van der Waals surface area contributed by atoms with Crippen LogP contribution in [0.1, 0.15) is 23.6 Å². The van der Waals surface area contributed by atoms with Crippen molar-refractivity contribution in [1.82, 2.24) is 0 Å². The third kappa shape index (κ3) is 5.85. The van der Waals surface area contributed by atoms with E-state index in [9.17, 15) is 0 Å². The van der Waals surface area contributed by atoms with Crippen molar-refractivity contribution >= 4 is 49.4 Å². The van der Waals surface area contributed by atoms with Gasteiger partial charge in [0.05, 0.1) is 11.4 Å². The van der Waals surface area contributed by atoms with Crippen LogP contribution in [0.4, 0.5) is 17.1 Å². The molecule has 0 aromatic heterocycles. The molecule has 0 aliphatic heterocycles. The van der Waals surface area contributed by atoms with Crippen molar-refractivity contribution in [2.24, 2.45) is 0 Å². The maximum Gasteiger partial charge on any atom is 0.0543 e. The van der Waals surface area contributed by atoms with E-state index in [0.29, 0.717) is 0 Å². The Kier molecular flexibility index (Phi) is 8.69. The molecule has 0 radical (unpaired) electrons. The number of benzene rings is 11. The highest BCUT2D eigenvalue weighted by Crippen LogP contribution is 2.57. The molecular weight excluding hydrogens is 759 g/mol. The number of nitrogens with zero attached hydrogens (tertiary/aromatic N) is 1. The fourth-order valence-corrected chi connectivity index (χ4v) is 10.6. The van der Waals surface area contributed by atoms with E-state index in [1.807, 2.05) is 0 Å². The van der Waals surface area contributed by atoms with Crippen LogP contribution < -0.4 is 4.90 Å². The quantitative estimate of drug-likeness (QED) is 0.145. The van der Waals surface area contributed by atoms with E-state index in [1.54, 1.807) is 0 Å². The molecule has 1 heteroatoms. The Morgan fingerprint density at radius 2 is 0.873 bits per heavy atom. The minimum atomic E-state index is -0.330. The predicted molar refractivity (Wildman–Crippen MR) is 267 cm³/mol. The van der Waals surface area contributed by atoms with Crippen molar-refractivity contribution < 1.29 is 0 Å². The van der Waals surface area contributed by atoms with E-state index >= 15 is 0 Å². The molecule has 11 aromatic rings. The summed E-state index contributed by atoms with van der Waals surface area (Å²) in [5.74, 6) is 0. The first-order valence-corrected chi connectivity index (χ1v) is 21.9. The molecular formula is C62H43N. The molecule has 0 N–H and O–H groups in total. The highest BCUT2D eigenvalue weighted by Gasteiger charge is 2.42. The summed E-state index contributed by atoms with van der Waals surface area (Å²) >= 11 is 0. The number of fused-ring (bicyclic) bond motifs is 7. The molecule has 0 heterocycles. The Labute approximate surface area is 368 Å². The molecule has 12 rings (SSSR count). The lowest BCUT2D eigenvalue weighted by Crippen LogP contribution is -2.22. The third-order valence-electron chi connectivity index (χ3n) is 13.5. The first kappa shape index (κ1) is 36.8. The minimum Gasteiger partial charge on any atom is -0.309 e. The van der Waals surface area contributed by atoms with Gasteiger partial charge in [-0.1, -0.05) is 212 Å². The van der Waals surface area contributed by atoms with Gasteiger partial charge in [-0.2, -0.15) is 0 Å². The van der Waals surface area contributed by atoms with Gasteiger partial charge in [0, 0.05) is 22.2 Å². The summed E-state index contributed by atoms with van der Waals surface area (Å²) in [5.41, 5.74) is 16.8. The average molecular weight is 802 g/mol.